The Labute approximate surface area is 113 Å². The zero-order valence-electron chi connectivity index (χ0n) is 10.9. The maximum atomic E-state index is 12.2. The minimum Gasteiger partial charge on any atom is -0.398 e. The van der Waals surface area contributed by atoms with E-state index < -0.39 is 0 Å². The third-order valence-electron chi connectivity index (χ3n) is 3.53. The number of amides is 1. The Hall–Kier alpha value is -1.16. The molecule has 1 saturated carbocycles. The second-order valence-corrected chi connectivity index (χ2v) is 5.95. The third-order valence-corrected chi connectivity index (χ3v) is 4.69. The largest absolute Gasteiger partial charge is 0.398 e. The molecule has 0 heterocycles. The van der Waals surface area contributed by atoms with Gasteiger partial charge in [0.2, 0.25) is 0 Å². The molecule has 1 aromatic carbocycles. The Kier molecular flexibility index (Phi) is 4.17. The van der Waals surface area contributed by atoms with Gasteiger partial charge in [-0.2, -0.15) is 11.8 Å². The predicted molar refractivity (Wildman–Crippen MR) is 78.0 cm³/mol. The number of thioether (sulfide) groups is 1. The molecule has 0 radical (unpaired) electrons. The van der Waals surface area contributed by atoms with Gasteiger partial charge in [-0.25, -0.2) is 0 Å². The monoisotopic (exact) mass is 264 g/mol. The van der Waals surface area contributed by atoms with Crippen LogP contribution in [0.1, 0.15) is 35.2 Å². The van der Waals surface area contributed by atoms with Crippen LogP contribution in [0.4, 0.5) is 5.69 Å². The molecule has 3 nitrogen and oxygen atoms in total. The highest BCUT2D eigenvalue weighted by atomic mass is 32.2. The van der Waals surface area contributed by atoms with Crippen molar-refractivity contribution in [3.05, 3.63) is 29.3 Å². The van der Waals surface area contributed by atoms with Gasteiger partial charge in [-0.3, -0.25) is 4.79 Å². The summed E-state index contributed by atoms with van der Waals surface area (Å²) in [7, 11) is 0. The zero-order valence-corrected chi connectivity index (χ0v) is 11.7. The van der Waals surface area contributed by atoms with E-state index in [0.717, 1.165) is 12.0 Å². The standard InChI is InChI=1S/C14H20N2OS/c1-9-6-7-11(15)10(8-9)14(17)16-12-4-3-5-13(12)18-2/h6-8,12-13H,3-5,15H2,1-2H3,(H,16,17). The van der Waals surface area contributed by atoms with Crippen LogP contribution in [-0.4, -0.2) is 23.5 Å². The molecule has 4 heteroatoms. The van der Waals surface area contributed by atoms with E-state index in [9.17, 15) is 4.79 Å². The Morgan fingerprint density at radius 1 is 1.44 bits per heavy atom. The van der Waals surface area contributed by atoms with Crippen LogP contribution in [0.2, 0.25) is 0 Å². The molecule has 2 atom stereocenters. The van der Waals surface area contributed by atoms with E-state index in [-0.39, 0.29) is 11.9 Å². The highest BCUT2D eigenvalue weighted by molar-refractivity contribution is 7.99. The van der Waals surface area contributed by atoms with Crippen LogP contribution < -0.4 is 11.1 Å². The number of anilines is 1. The fourth-order valence-electron chi connectivity index (χ4n) is 2.49. The minimum absolute atomic E-state index is 0.0397. The Morgan fingerprint density at radius 2 is 2.22 bits per heavy atom. The first-order chi connectivity index (χ1) is 8.61. The van der Waals surface area contributed by atoms with Crippen molar-refractivity contribution < 1.29 is 4.79 Å². The van der Waals surface area contributed by atoms with Crippen molar-refractivity contribution in [3.63, 3.8) is 0 Å². The summed E-state index contributed by atoms with van der Waals surface area (Å²) in [5.41, 5.74) is 8.07. The number of nitrogens with one attached hydrogen (secondary N) is 1. The lowest BCUT2D eigenvalue weighted by Crippen LogP contribution is -2.38. The SMILES string of the molecule is CSC1CCCC1NC(=O)c1cc(C)ccc1N. The van der Waals surface area contributed by atoms with Gasteiger partial charge in [0.05, 0.1) is 5.56 Å². The first-order valence-electron chi connectivity index (χ1n) is 6.31. The van der Waals surface area contributed by atoms with Crippen molar-refractivity contribution in [2.24, 2.45) is 0 Å². The molecule has 0 aromatic heterocycles. The van der Waals surface area contributed by atoms with Crippen molar-refractivity contribution in [1.29, 1.82) is 0 Å². The van der Waals surface area contributed by atoms with Crippen molar-refractivity contribution in [2.45, 2.75) is 37.5 Å². The summed E-state index contributed by atoms with van der Waals surface area (Å²) in [5.74, 6) is -0.0397. The lowest BCUT2D eigenvalue weighted by atomic mass is 10.1. The molecule has 0 saturated heterocycles. The van der Waals surface area contributed by atoms with Gasteiger partial charge in [0.25, 0.3) is 5.91 Å². The van der Waals surface area contributed by atoms with Gasteiger partial charge in [0.15, 0.2) is 0 Å². The first kappa shape index (κ1) is 13.3. The van der Waals surface area contributed by atoms with Gasteiger partial charge >= 0.3 is 0 Å². The number of nitrogen functional groups attached to an aromatic ring is 1. The van der Waals surface area contributed by atoms with Crippen LogP contribution in [0.15, 0.2) is 18.2 Å². The quantitative estimate of drug-likeness (QED) is 0.825. The molecule has 3 N–H and O–H groups in total. The van der Waals surface area contributed by atoms with Crippen molar-refractivity contribution >= 4 is 23.4 Å². The molecule has 1 aliphatic carbocycles. The fraction of sp³-hybridized carbons (Fsp3) is 0.500. The molecule has 98 valence electrons. The van der Waals surface area contributed by atoms with Crippen LogP contribution in [0.5, 0.6) is 0 Å². The van der Waals surface area contributed by atoms with Gasteiger partial charge in [0, 0.05) is 17.0 Å². The summed E-state index contributed by atoms with van der Waals surface area (Å²) in [6, 6.07) is 5.86. The van der Waals surface area contributed by atoms with E-state index in [2.05, 4.69) is 11.6 Å². The molecule has 1 amide bonds. The van der Waals surface area contributed by atoms with Gasteiger partial charge in [-0.05, 0) is 38.2 Å². The Bertz CT molecular complexity index is 447. The molecular weight excluding hydrogens is 244 g/mol. The molecule has 0 spiro atoms. The number of hydrogen-bond acceptors (Lipinski definition) is 3. The predicted octanol–water partition coefficient (Wildman–Crippen LogP) is 2.59. The molecule has 0 aliphatic heterocycles. The van der Waals surface area contributed by atoms with Gasteiger partial charge in [-0.1, -0.05) is 18.1 Å². The molecule has 18 heavy (non-hydrogen) atoms. The van der Waals surface area contributed by atoms with Crippen LogP contribution in [0, 0.1) is 6.92 Å². The Balaban J connectivity index is 2.09. The van der Waals surface area contributed by atoms with E-state index >= 15 is 0 Å². The van der Waals surface area contributed by atoms with E-state index in [0.29, 0.717) is 16.5 Å². The summed E-state index contributed by atoms with van der Waals surface area (Å²) >= 11 is 1.84. The number of carbonyl (C=O) groups excluding carboxylic acids is 1. The van der Waals surface area contributed by atoms with E-state index in [4.69, 9.17) is 5.73 Å². The smallest absolute Gasteiger partial charge is 0.253 e. The molecule has 1 aliphatic rings. The summed E-state index contributed by atoms with van der Waals surface area (Å²) in [6.45, 7) is 1.97. The fourth-order valence-corrected chi connectivity index (χ4v) is 3.42. The molecule has 0 bridgehead atoms. The van der Waals surface area contributed by atoms with Gasteiger partial charge in [0.1, 0.15) is 0 Å². The van der Waals surface area contributed by atoms with Crippen molar-refractivity contribution in [3.8, 4) is 0 Å². The number of aryl methyl sites for hydroxylation is 1. The van der Waals surface area contributed by atoms with Crippen LogP contribution >= 0.6 is 11.8 Å². The number of rotatable bonds is 3. The highest BCUT2D eigenvalue weighted by Gasteiger charge is 2.28. The summed E-state index contributed by atoms with van der Waals surface area (Å²) in [4.78, 5) is 12.2. The summed E-state index contributed by atoms with van der Waals surface area (Å²) < 4.78 is 0. The van der Waals surface area contributed by atoms with Crippen LogP contribution in [-0.2, 0) is 0 Å². The summed E-state index contributed by atoms with van der Waals surface area (Å²) in [6.07, 6.45) is 5.56. The lowest BCUT2D eigenvalue weighted by Gasteiger charge is -2.19. The second-order valence-electron chi connectivity index (χ2n) is 4.88. The number of hydrogen-bond donors (Lipinski definition) is 2. The maximum absolute atomic E-state index is 12.2. The van der Waals surface area contributed by atoms with E-state index in [1.54, 1.807) is 6.07 Å². The molecule has 2 rings (SSSR count). The average molecular weight is 264 g/mol. The normalized spacial score (nSPS) is 23.0. The van der Waals surface area contributed by atoms with Crippen molar-refractivity contribution in [1.82, 2.24) is 5.32 Å². The number of carbonyl (C=O) groups is 1. The highest BCUT2D eigenvalue weighted by Crippen LogP contribution is 2.28. The topological polar surface area (TPSA) is 55.1 Å². The van der Waals surface area contributed by atoms with Gasteiger partial charge in [-0.15, -0.1) is 0 Å². The van der Waals surface area contributed by atoms with E-state index in [1.165, 1.54) is 12.8 Å². The third kappa shape index (κ3) is 2.80. The van der Waals surface area contributed by atoms with Crippen molar-refractivity contribution in [2.75, 3.05) is 12.0 Å². The second kappa shape index (κ2) is 5.65. The molecular formula is C14H20N2OS. The minimum atomic E-state index is -0.0397. The summed E-state index contributed by atoms with van der Waals surface area (Å²) in [5, 5.41) is 3.67. The lowest BCUT2D eigenvalue weighted by molar-refractivity contribution is 0.0939. The van der Waals surface area contributed by atoms with Crippen LogP contribution in [0.3, 0.4) is 0 Å². The molecule has 1 aromatic rings. The molecule has 1 fully saturated rings. The van der Waals surface area contributed by atoms with Gasteiger partial charge < -0.3 is 11.1 Å². The number of nitrogens with two attached hydrogens (primary N) is 1. The average Bonchev–Trinajstić information content (AvgIpc) is 2.79. The Morgan fingerprint density at radius 3 is 2.94 bits per heavy atom. The zero-order chi connectivity index (χ0) is 13.1. The first-order valence-corrected chi connectivity index (χ1v) is 7.60. The number of benzene rings is 1. The molecule has 2 unspecified atom stereocenters. The van der Waals surface area contributed by atoms with E-state index in [1.807, 2.05) is 30.8 Å². The van der Waals surface area contributed by atoms with Crippen LogP contribution in [0.25, 0.3) is 0 Å². The maximum Gasteiger partial charge on any atom is 0.253 e.